The second-order valence-corrected chi connectivity index (χ2v) is 4.20. The minimum absolute atomic E-state index is 0.564. The van der Waals surface area contributed by atoms with Gasteiger partial charge in [0.1, 0.15) is 0 Å². The lowest BCUT2D eigenvalue weighted by Crippen LogP contribution is -2.47. The molecule has 0 radical (unpaired) electrons. The van der Waals surface area contributed by atoms with Gasteiger partial charge in [0.15, 0.2) is 0 Å². The van der Waals surface area contributed by atoms with Gasteiger partial charge < -0.3 is 0 Å². The third-order valence-corrected chi connectivity index (χ3v) is 3.24. The van der Waals surface area contributed by atoms with Crippen LogP contribution < -0.4 is 0 Å². The van der Waals surface area contributed by atoms with E-state index < -0.39 is 0 Å². The molecule has 0 amide bonds. The standard InChI is InChI=1S/C9H17Cl2N/c1-8-3-2-4-9(7-11)12(8)6-5-10/h8-9H,2-7H2,1H3. The molecule has 12 heavy (non-hydrogen) atoms. The first-order valence-corrected chi connectivity index (χ1v) is 5.74. The van der Waals surface area contributed by atoms with Gasteiger partial charge in [-0.3, -0.25) is 4.90 Å². The number of hydrogen-bond acceptors (Lipinski definition) is 1. The number of halogens is 2. The van der Waals surface area contributed by atoms with Crippen molar-refractivity contribution in [3.8, 4) is 0 Å². The van der Waals surface area contributed by atoms with Crippen molar-refractivity contribution in [2.45, 2.75) is 38.3 Å². The topological polar surface area (TPSA) is 3.24 Å². The summed E-state index contributed by atoms with van der Waals surface area (Å²) in [5, 5.41) is 0. The zero-order valence-corrected chi connectivity index (χ0v) is 9.11. The lowest BCUT2D eigenvalue weighted by Gasteiger charge is -2.39. The van der Waals surface area contributed by atoms with Gasteiger partial charge in [-0.1, -0.05) is 6.42 Å². The molecule has 1 aliphatic rings. The van der Waals surface area contributed by atoms with Crippen molar-refractivity contribution in [2.75, 3.05) is 18.3 Å². The molecule has 1 heterocycles. The summed E-state index contributed by atoms with van der Waals surface area (Å²) in [6.07, 6.45) is 3.85. The van der Waals surface area contributed by atoms with Crippen molar-refractivity contribution in [1.82, 2.24) is 4.90 Å². The van der Waals surface area contributed by atoms with Gasteiger partial charge in [-0.25, -0.2) is 0 Å². The largest absolute Gasteiger partial charge is 0.295 e. The first-order valence-electron chi connectivity index (χ1n) is 4.67. The number of nitrogens with zero attached hydrogens (tertiary/aromatic N) is 1. The molecule has 1 aliphatic heterocycles. The van der Waals surface area contributed by atoms with Crippen molar-refractivity contribution in [3.05, 3.63) is 0 Å². The molecular weight excluding hydrogens is 193 g/mol. The van der Waals surface area contributed by atoms with E-state index in [9.17, 15) is 0 Å². The van der Waals surface area contributed by atoms with E-state index in [1.807, 2.05) is 0 Å². The normalized spacial score (nSPS) is 32.2. The fourth-order valence-corrected chi connectivity index (χ4v) is 2.53. The fraction of sp³-hybridized carbons (Fsp3) is 1.00. The van der Waals surface area contributed by atoms with Gasteiger partial charge in [0.25, 0.3) is 0 Å². The molecule has 3 heteroatoms. The van der Waals surface area contributed by atoms with Crippen LogP contribution in [0.4, 0.5) is 0 Å². The molecule has 72 valence electrons. The number of rotatable bonds is 3. The molecule has 1 rings (SSSR count). The molecule has 2 atom stereocenters. The highest BCUT2D eigenvalue weighted by Crippen LogP contribution is 2.23. The smallest absolute Gasteiger partial charge is 0.0379 e. The Bertz CT molecular complexity index is 130. The molecule has 1 fully saturated rings. The van der Waals surface area contributed by atoms with Crippen LogP contribution in [-0.2, 0) is 0 Å². The Hall–Kier alpha value is 0.540. The molecule has 1 nitrogen and oxygen atoms in total. The molecular formula is C9H17Cl2N. The second kappa shape index (κ2) is 5.31. The second-order valence-electron chi connectivity index (χ2n) is 3.51. The van der Waals surface area contributed by atoms with E-state index in [4.69, 9.17) is 23.2 Å². The highest BCUT2D eigenvalue weighted by molar-refractivity contribution is 6.18. The third kappa shape index (κ3) is 2.51. The monoisotopic (exact) mass is 209 g/mol. The molecule has 0 aromatic carbocycles. The Labute approximate surface area is 85.0 Å². The maximum Gasteiger partial charge on any atom is 0.0379 e. The van der Waals surface area contributed by atoms with E-state index in [0.29, 0.717) is 12.1 Å². The van der Waals surface area contributed by atoms with Crippen LogP contribution in [-0.4, -0.2) is 35.3 Å². The van der Waals surface area contributed by atoms with Crippen LogP contribution in [0.3, 0.4) is 0 Å². The van der Waals surface area contributed by atoms with Gasteiger partial charge in [-0.15, -0.1) is 23.2 Å². The van der Waals surface area contributed by atoms with Crippen LogP contribution in [0.5, 0.6) is 0 Å². The van der Waals surface area contributed by atoms with Crippen molar-refractivity contribution >= 4 is 23.2 Å². The summed E-state index contributed by atoms with van der Waals surface area (Å²) in [6, 6.07) is 1.23. The number of hydrogen-bond donors (Lipinski definition) is 0. The van der Waals surface area contributed by atoms with Crippen molar-refractivity contribution in [1.29, 1.82) is 0 Å². The van der Waals surface area contributed by atoms with Gasteiger partial charge in [-0.2, -0.15) is 0 Å². The Balaban J connectivity index is 2.47. The molecule has 0 aromatic heterocycles. The van der Waals surface area contributed by atoms with Crippen LogP contribution in [0.25, 0.3) is 0 Å². The summed E-state index contributed by atoms with van der Waals surface area (Å²) in [4.78, 5) is 2.45. The van der Waals surface area contributed by atoms with E-state index in [0.717, 1.165) is 18.3 Å². The van der Waals surface area contributed by atoms with Gasteiger partial charge in [0, 0.05) is 30.4 Å². The minimum Gasteiger partial charge on any atom is -0.295 e. The third-order valence-electron chi connectivity index (χ3n) is 2.72. The minimum atomic E-state index is 0.564. The number of likely N-dealkylation sites (tertiary alicyclic amines) is 1. The zero-order chi connectivity index (χ0) is 8.97. The first-order chi connectivity index (χ1) is 5.79. The molecule has 0 spiro atoms. The van der Waals surface area contributed by atoms with Crippen molar-refractivity contribution in [3.63, 3.8) is 0 Å². The fourth-order valence-electron chi connectivity index (χ4n) is 2.01. The van der Waals surface area contributed by atoms with Gasteiger partial charge in [0.2, 0.25) is 0 Å². The van der Waals surface area contributed by atoms with Crippen molar-refractivity contribution in [2.24, 2.45) is 0 Å². The van der Waals surface area contributed by atoms with Gasteiger partial charge in [0.05, 0.1) is 0 Å². The van der Waals surface area contributed by atoms with E-state index in [-0.39, 0.29) is 0 Å². The van der Waals surface area contributed by atoms with Gasteiger partial charge in [-0.05, 0) is 19.8 Å². The summed E-state index contributed by atoms with van der Waals surface area (Å²) in [7, 11) is 0. The maximum absolute atomic E-state index is 5.89. The molecule has 0 saturated carbocycles. The Kier molecular flexibility index (Phi) is 4.70. The summed E-state index contributed by atoms with van der Waals surface area (Å²) >= 11 is 11.6. The molecule has 1 saturated heterocycles. The average Bonchev–Trinajstić information content (AvgIpc) is 2.09. The summed E-state index contributed by atoms with van der Waals surface area (Å²) in [5.41, 5.74) is 0. The molecule has 0 aromatic rings. The molecule has 2 unspecified atom stereocenters. The zero-order valence-electron chi connectivity index (χ0n) is 7.60. The van der Waals surface area contributed by atoms with Gasteiger partial charge >= 0.3 is 0 Å². The van der Waals surface area contributed by atoms with E-state index in [1.54, 1.807) is 0 Å². The van der Waals surface area contributed by atoms with Crippen molar-refractivity contribution < 1.29 is 0 Å². The number of piperidine rings is 1. The first kappa shape index (κ1) is 10.6. The molecule has 0 aliphatic carbocycles. The SMILES string of the molecule is CC1CCCC(CCl)N1CCCl. The van der Waals surface area contributed by atoms with E-state index >= 15 is 0 Å². The average molecular weight is 210 g/mol. The van der Waals surface area contributed by atoms with Crippen LogP contribution in [0.1, 0.15) is 26.2 Å². The Morgan fingerprint density at radius 2 is 2.08 bits per heavy atom. The summed E-state index contributed by atoms with van der Waals surface area (Å²) in [6.45, 7) is 3.26. The predicted molar refractivity (Wildman–Crippen MR) is 55.2 cm³/mol. The summed E-state index contributed by atoms with van der Waals surface area (Å²) in [5.74, 6) is 1.47. The van der Waals surface area contributed by atoms with E-state index in [1.165, 1.54) is 19.3 Å². The Morgan fingerprint density at radius 1 is 1.33 bits per heavy atom. The van der Waals surface area contributed by atoms with E-state index in [2.05, 4.69) is 11.8 Å². The highest BCUT2D eigenvalue weighted by Gasteiger charge is 2.26. The van der Waals surface area contributed by atoms with Crippen LogP contribution in [0, 0.1) is 0 Å². The number of alkyl halides is 2. The lowest BCUT2D eigenvalue weighted by molar-refractivity contribution is 0.114. The lowest BCUT2D eigenvalue weighted by atomic mass is 9.98. The van der Waals surface area contributed by atoms with Crippen LogP contribution >= 0.6 is 23.2 Å². The highest BCUT2D eigenvalue weighted by atomic mass is 35.5. The molecule has 0 bridgehead atoms. The quantitative estimate of drug-likeness (QED) is 0.647. The predicted octanol–water partition coefficient (Wildman–Crippen LogP) is 2.71. The molecule has 0 N–H and O–H groups in total. The van der Waals surface area contributed by atoms with Crippen LogP contribution in [0.2, 0.25) is 0 Å². The summed E-state index contributed by atoms with van der Waals surface area (Å²) < 4.78 is 0. The Morgan fingerprint density at radius 3 is 2.67 bits per heavy atom. The maximum atomic E-state index is 5.89. The van der Waals surface area contributed by atoms with Crippen LogP contribution in [0.15, 0.2) is 0 Å².